The van der Waals surface area contributed by atoms with Crippen molar-refractivity contribution in [3.05, 3.63) is 84.4 Å². The third kappa shape index (κ3) is 7.20. The maximum absolute atomic E-state index is 12.6. The Bertz CT molecular complexity index is 1180. The lowest BCUT2D eigenvalue weighted by molar-refractivity contribution is -0.114. The van der Waals surface area contributed by atoms with Gasteiger partial charge in [-0.15, -0.1) is 0 Å². The molecule has 0 fully saturated rings. The van der Waals surface area contributed by atoms with E-state index in [0.29, 0.717) is 22.7 Å². The predicted octanol–water partition coefficient (Wildman–Crippen LogP) is 4.60. The minimum Gasteiger partial charge on any atom is -0.457 e. The average Bonchev–Trinajstić information content (AvgIpc) is 2.81. The number of alkyl carbamates (subject to hydrolysis) is 1. The molecule has 3 amide bonds. The largest absolute Gasteiger partial charge is 0.457 e. The molecule has 0 saturated carbocycles. The fourth-order valence-electron chi connectivity index (χ4n) is 2.83. The van der Waals surface area contributed by atoms with E-state index in [1.807, 2.05) is 18.2 Å². The summed E-state index contributed by atoms with van der Waals surface area (Å²) in [5.41, 5.74) is 0.961. The quantitative estimate of drug-likeness (QED) is 0.367. The van der Waals surface area contributed by atoms with E-state index in [9.17, 15) is 14.4 Å². The van der Waals surface area contributed by atoms with Crippen LogP contribution in [0.5, 0.6) is 11.5 Å². The van der Waals surface area contributed by atoms with Crippen LogP contribution in [-0.4, -0.2) is 30.5 Å². The Kier molecular flexibility index (Phi) is 8.34. The Morgan fingerprint density at radius 2 is 1.53 bits per heavy atom. The van der Waals surface area contributed by atoms with Gasteiger partial charge in [0.25, 0.3) is 5.91 Å². The molecule has 3 rings (SSSR count). The third-order valence-electron chi connectivity index (χ3n) is 4.25. The lowest BCUT2D eigenvalue weighted by atomic mass is 10.2. The topological polar surface area (TPSA) is 118 Å². The van der Waals surface area contributed by atoms with Crippen LogP contribution in [0.3, 0.4) is 0 Å². The molecule has 0 bridgehead atoms. The van der Waals surface area contributed by atoms with E-state index in [0.717, 1.165) is 0 Å². The Hall–Kier alpha value is -4.66. The molecule has 9 nitrogen and oxygen atoms in total. The highest BCUT2D eigenvalue weighted by molar-refractivity contribution is 6.10. The summed E-state index contributed by atoms with van der Waals surface area (Å²) in [4.78, 5) is 40.8. The third-order valence-corrected chi connectivity index (χ3v) is 4.25. The van der Waals surface area contributed by atoms with Gasteiger partial charge in [-0.25, -0.2) is 9.79 Å². The summed E-state index contributed by atoms with van der Waals surface area (Å²) < 4.78 is 10.7. The summed E-state index contributed by atoms with van der Waals surface area (Å²) in [7, 11) is 0. The zero-order valence-corrected chi connectivity index (χ0v) is 18.7. The van der Waals surface area contributed by atoms with Gasteiger partial charge in [-0.3, -0.25) is 20.2 Å². The van der Waals surface area contributed by atoms with Crippen molar-refractivity contribution < 1.29 is 23.9 Å². The number of amides is 3. The minimum absolute atomic E-state index is 0.133. The summed E-state index contributed by atoms with van der Waals surface area (Å²) in [5.74, 6) is 0.0906. The number of nitrogens with zero attached hydrogens (tertiary/aromatic N) is 1. The summed E-state index contributed by atoms with van der Waals surface area (Å²) in [6, 6.07) is 22.4. The van der Waals surface area contributed by atoms with Gasteiger partial charge in [-0.1, -0.05) is 36.4 Å². The molecule has 3 N–H and O–H groups in total. The van der Waals surface area contributed by atoms with Crippen molar-refractivity contribution in [1.82, 2.24) is 10.6 Å². The van der Waals surface area contributed by atoms with E-state index in [-0.39, 0.29) is 24.2 Å². The van der Waals surface area contributed by atoms with Crippen molar-refractivity contribution in [3.8, 4) is 11.5 Å². The maximum Gasteiger partial charge on any atom is 0.413 e. The number of ether oxygens (including phenoxy) is 2. The van der Waals surface area contributed by atoms with Gasteiger partial charge in [0.2, 0.25) is 11.9 Å². The van der Waals surface area contributed by atoms with Crippen molar-refractivity contribution in [2.75, 3.05) is 11.9 Å². The summed E-state index contributed by atoms with van der Waals surface area (Å²) in [6.45, 7) is 3.14. The van der Waals surface area contributed by atoms with Crippen LogP contribution in [0.25, 0.3) is 0 Å². The van der Waals surface area contributed by atoms with Crippen LogP contribution in [0.15, 0.2) is 83.9 Å². The summed E-state index contributed by atoms with van der Waals surface area (Å²) in [5, 5.41) is 7.66. The van der Waals surface area contributed by atoms with Crippen LogP contribution in [0.2, 0.25) is 0 Å². The molecule has 0 aliphatic carbocycles. The fourth-order valence-corrected chi connectivity index (χ4v) is 2.83. The van der Waals surface area contributed by atoms with Crippen LogP contribution < -0.4 is 20.7 Å². The molecule has 34 heavy (non-hydrogen) atoms. The molecule has 0 unspecified atom stereocenters. The lowest BCUT2D eigenvalue weighted by Gasteiger charge is -2.13. The number of carbonyl (C=O) groups is 3. The molecule has 0 aliphatic heterocycles. The van der Waals surface area contributed by atoms with E-state index in [4.69, 9.17) is 9.47 Å². The molecule has 174 valence electrons. The standard InChI is InChI=1S/C25H24N4O5/c1-3-33-25(32)29-24(28-23(31)18-10-6-4-7-11-18)27-21-15-14-20(16-22(21)26-17(2)30)34-19-12-8-5-9-13-19/h4-16H,3H2,1-2H3,(H,26,30)(H2,27,28,29,31,32). The number of anilines is 1. The summed E-state index contributed by atoms with van der Waals surface area (Å²) in [6.07, 6.45) is -0.792. The Labute approximate surface area is 196 Å². The van der Waals surface area contributed by atoms with Crippen LogP contribution in [0.4, 0.5) is 16.2 Å². The highest BCUT2D eigenvalue weighted by Crippen LogP contribution is 2.32. The van der Waals surface area contributed by atoms with E-state index in [1.165, 1.54) is 6.92 Å². The van der Waals surface area contributed by atoms with Gasteiger partial charge in [-0.2, -0.15) is 0 Å². The molecule has 3 aromatic carbocycles. The predicted molar refractivity (Wildman–Crippen MR) is 128 cm³/mol. The first-order valence-corrected chi connectivity index (χ1v) is 10.5. The van der Waals surface area contributed by atoms with E-state index in [2.05, 4.69) is 20.9 Å². The van der Waals surface area contributed by atoms with Gasteiger partial charge >= 0.3 is 6.09 Å². The van der Waals surface area contributed by atoms with E-state index >= 15 is 0 Å². The first-order chi connectivity index (χ1) is 16.4. The molecule has 0 heterocycles. The number of guanidine groups is 1. The smallest absolute Gasteiger partial charge is 0.413 e. The minimum atomic E-state index is -0.792. The van der Waals surface area contributed by atoms with Crippen LogP contribution in [-0.2, 0) is 9.53 Å². The van der Waals surface area contributed by atoms with E-state index < -0.39 is 12.0 Å². The Balaban J connectivity index is 1.93. The molecule has 9 heteroatoms. The van der Waals surface area contributed by atoms with Gasteiger partial charge in [0, 0.05) is 18.6 Å². The zero-order valence-electron chi connectivity index (χ0n) is 18.7. The molecule has 3 aromatic rings. The van der Waals surface area contributed by atoms with Crippen LogP contribution >= 0.6 is 0 Å². The van der Waals surface area contributed by atoms with Crippen molar-refractivity contribution >= 4 is 35.2 Å². The van der Waals surface area contributed by atoms with Gasteiger partial charge in [0.05, 0.1) is 18.0 Å². The summed E-state index contributed by atoms with van der Waals surface area (Å²) >= 11 is 0. The number of carbonyl (C=O) groups excluding carboxylic acids is 3. The first-order valence-electron chi connectivity index (χ1n) is 10.5. The number of para-hydroxylation sites is 1. The second-order valence-corrected chi connectivity index (χ2v) is 6.90. The van der Waals surface area contributed by atoms with Crippen LogP contribution in [0, 0.1) is 0 Å². The second-order valence-electron chi connectivity index (χ2n) is 6.90. The number of rotatable bonds is 6. The number of aliphatic imine (C=N–C) groups is 1. The number of hydrogen-bond donors (Lipinski definition) is 3. The highest BCUT2D eigenvalue weighted by Gasteiger charge is 2.14. The van der Waals surface area contributed by atoms with Gasteiger partial charge in [0.15, 0.2) is 0 Å². The van der Waals surface area contributed by atoms with Crippen molar-refractivity contribution in [2.24, 2.45) is 4.99 Å². The number of nitrogens with one attached hydrogen (secondary N) is 3. The SMILES string of the molecule is CCOC(=O)NC(=Nc1ccc(Oc2ccccc2)cc1NC(C)=O)NC(=O)c1ccccc1. The molecular formula is C25H24N4O5. The van der Waals surface area contributed by atoms with Crippen LogP contribution in [0.1, 0.15) is 24.2 Å². The molecular weight excluding hydrogens is 436 g/mol. The number of hydrogen-bond acceptors (Lipinski definition) is 6. The second kappa shape index (κ2) is 11.8. The average molecular weight is 460 g/mol. The molecule has 0 radical (unpaired) electrons. The normalized spacial score (nSPS) is 10.7. The maximum atomic E-state index is 12.6. The monoisotopic (exact) mass is 460 g/mol. The molecule has 0 spiro atoms. The van der Waals surface area contributed by atoms with Crippen molar-refractivity contribution in [2.45, 2.75) is 13.8 Å². The Morgan fingerprint density at radius 3 is 2.18 bits per heavy atom. The van der Waals surface area contributed by atoms with Gasteiger partial charge < -0.3 is 14.8 Å². The first kappa shape index (κ1) is 24.0. The molecule has 0 aliphatic rings. The fraction of sp³-hybridized carbons (Fsp3) is 0.120. The van der Waals surface area contributed by atoms with Gasteiger partial charge in [-0.05, 0) is 43.3 Å². The Morgan fingerprint density at radius 1 is 0.853 bits per heavy atom. The van der Waals surface area contributed by atoms with E-state index in [1.54, 1.807) is 67.6 Å². The highest BCUT2D eigenvalue weighted by atomic mass is 16.5. The molecule has 0 saturated heterocycles. The van der Waals surface area contributed by atoms with Gasteiger partial charge in [0.1, 0.15) is 11.5 Å². The van der Waals surface area contributed by atoms with Crippen molar-refractivity contribution in [1.29, 1.82) is 0 Å². The number of benzene rings is 3. The lowest BCUT2D eigenvalue weighted by Crippen LogP contribution is -2.44. The zero-order chi connectivity index (χ0) is 24.3. The van der Waals surface area contributed by atoms with Crippen molar-refractivity contribution in [3.63, 3.8) is 0 Å². The molecule has 0 atom stereocenters. The molecule has 0 aromatic heterocycles.